The van der Waals surface area contributed by atoms with E-state index in [0.29, 0.717) is 0 Å². The van der Waals surface area contributed by atoms with Crippen LogP contribution in [-0.2, 0) is 0 Å². The lowest BCUT2D eigenvalue weighted by Crippen LogP contribution is -2.64. The molecule has 0 saturated carbocycles. The fourth-order valence-electron chi connectivity index (χ4n) is 15.6. The summed E-state index contributed by atoms with van der Waals surface area (Å²) in [6, 6.07) is 123. The van der Waals surface area contributed by atoms with Gasteiger partial charge in [0.2, 0.25) is 0 Å². The number of hydrogen-bond donors (Lipinski definition) is 0. The average Bonchev–Trinajstić information content (AvgIpc) is 0.793. The Morgan fingerprint density at radius 1 is 0.272 bits per heavy atom. The smallest absolute Gasteiger partial charge is 0.256 e. The molecule has 0 fully saturated rings. The fraction of sp³-hybridized carbons (Fsp3) is 0. The van der Waals surface area contributed by atoms with Crippen molar-refractivity contribution < 1.29 is 4.74 Å². The Morgan fingerprint density at radius 3 is 1.26 bits per heavy atom. The first-order valence-corrected chi connectivity index (χ1v) is 31.7. The normalized spacial score (nSPS) is 13.0. The van der Waals surface area contributed by atoms with Gasteiger partial charge in [0.25, 0.3) is 13.4 Å². The maximum absolute atomic E-state index is 7.90. The van der Waals surface area contributed by atoms with Crippen LogP contribution >= 0.6 is 0 Å². The molecule has 0 spiro atoms. The number of anilines is 12. The second-order valence-electron chi connectivity index (χ2n) is 24.3. The van der Waals surface area contributed by atoms with Gasteiger partial charge >= 0.3 is 0 Å². The lowest BCUT2D eigenvalue weighted by Gasteiger charge is -2.46. The van der Waals surface area contributed by atoms with Crippen LogP contribution in [0.3, 0.4) is 0 Å². The molecule has 14 aromatic carbocycles. The molecule has 4 aliphatic rings. The molecular weight excluding hydrogens is 1120 g/mol. The van der Waals surface area contributed by atoms with E-state index in [1.807, 2.05) is 0 Å². The van der Waals surface area contributed by atoms with Crippen molar-refractivity contribution >= 4 is 136 Å². The SMILES string of the molecule is c1ccc(-c2cccc(-c3ccccc3)c2N2c3cc4c(cc3B3c5ccccc5N(c5ccccc5)c5cc(N(c6ccccc6)c6ccccc6)cc2c53)B2c3ccccc3N(c3ccccc3)c3cc(-n5c6ccccc6c6ccccc65)cc(c32)O4)cc1. The van der Waals surface area contributed by atoms with Crippen molar-refractivity contribution in [1.29, 1.82) is 0 Å². The molecule has 0 unspecified atom stereocenters. The van der Waals surface area contributed by atoms with Crippen LogP contribution in [0.25, 0.3) is 49.7 Å². The van der Waals surface area contributed by atoms with Gasteiger partial charge in [0, 0.05) is 90.9 Å². The van der Waals surface area contributed by atoms with E-state index in [0.717, 1.165) is 130 Å². The van der Waals surface area contributed by atoms with E-state index in [1.54, 1.807) is 0 Å². The first kappa shape index (κ1) is 52.0. The number of hydrogen-bond acceptors (Lipinski definition) is 5. The van der Waals surface area contributed by atoms with Crippen molar-refractivity contribution in [2.75, 3.05) is 19.6 Å². The fourth-order valence-corrected chi connectivity index (χ4v) is 15.6. The Hall–Kier alpha value is -12.0. The molecule has 0 atom stereocenters. The molecule has 0 N–H and O–H groups in total. The van der Waals surface area contributed by atoms with Crippen LogP contribution in [0.2, 0.25) is 0 Å². The van der Waals surface area contributed by atoms with Gasteiger partial charge in [-0.1, -0.05) is 231 Å². The maximum atomic E-state index is 7.90. The summed E-state index contributed by atoms with van der Waals surface area (Å²) in [6.07, 6.45) is 0. The summed E-state index contributed by atoms with van der Waals surface area (Å²) in [4.78, 5) is 10.0. The van der Waals surface area contributed by atoms with Gasteiger partial charge in [-0.3, -0.25) is 0 Å². The summed E-state index contributed by atoms with van der Waals surface area (Å²) in [7, 11) is 0. The molecule has 0 aliphatic carbocycles. The van der Waals surface area contributed by atoms with Gasteiger partial charge in [-0.25, -0.2) is 0 Å². The number of nitrogens with zero attached hydrogens (tertiary/aromatic N) is 5. The largest absolute Gasteiger partial charge is 0.458 e. The minimum atomic E-state index is -0.217. The topological polar surface area (TPSA) is 27.1 Å². The van der Waals surface area contributed by atoms with Crippen molar-refractivity contribution in [2.45, 2.75) is 0 Å². The summed E-state index contributed by atoms with van der Waals surface area (Å²) < 4.78 is 10.3. The standard InChI is InChI=1S/C84H55B2N5O/c1-7-28-56(29-8-1)64-42-27-43-65(57-30-9-2-10-31-57)84(64)91-76-55-80-71(86-69-45-22-26-49-75(69)89(61-38-17-6-18-39-61)79-52-63(53-81(92-80)83(79)86)90-72-46-23-19-40-66(72)67-41-20-24-47-73(67)90)54-70(76)85-68-44-21-25-48-74(68)88(60-36-15-5-16-37-60)77-50-62(51-78(91)82(77)85)87(58-32-11-3-12-33-58)59-34-13-4-14-35-59/h1-55H. The Bertz CT molecular complexity index is 5270. The highest BCUT2D eigenvalue weighted by molar-refractivity contribution is 7.02. The van der Waals surface area contributed by atoms with E-state index in [1.165, 1.54) is 32.6 Å². The lowest BCUT2D eigenvalue weighted by molar-refractivity contribution is 0.487. The molecule has 0 bridgehead atoms. The zero-order valence-electron chi connectivity index (χ0n) is 50.1. The maximum Gasteiger partial charge on any atom is 0.256 e. The molecule has 92 heavy (non-hydrogen) atoms. The molecule has 6 nitrogen and oxygen atoms in total. The van der Waals surface area contributed by atoms with Crippen LogP contribution in [0.5, 0.6) is 11.5 Å². The third kappa shape index (κ3) is 7.90. The first-order valence-electron chi connectivity index (χ1n) is 31.7. The number of benzene rings is 14. The molecule has 4 aliphatic heterocycles. The number of rotatable bonds is 9. The molecule has 0 radical (unpaired) electrons. The second kappa shape index (κ2) is 20.8. The highest BCUT2D eigenvalue weighted by atomic mass is 16.5. The van der Waals surface area contributed by atoms with Gasteiger partial charge in [0.15, 0.2) is 0 Å². The third-order valence-corrected chi connectivity index (χ3v) is 19.3. The van der Waals surface area contributed by atoms with Crippen molar-refractivity contribution in [3.05, 3.63) is 334 Å². The molecule has 8 heteroatoms. The van der Waals surface area contributed by atoms with Crippen molar-refractivity contribution in [1.82, 2.24) is 4.57 Å². The third-order valence-electron chi connectivity index (χ3n) is 19.3. The van der Waals surface area contributed by atoms with Crippen LogP contribution in [0.1, 0.15) is 0 Å². The molecule has 15 aromatic rings. The highest BCUT2D eigenvalue weighted by Gasteiger charge is 2.48. The Labute approximate surface area is 535 Å². The summed E-state index contributed by atoms with van der Waals surface area (Å²) in [5, 5.41) is 2.42. The van der Waals surface area contributed by atoms with E-state index in [2.05, 4.69) is 358 Å². The van der Waals surface area contributed by atoms with Crippen molar-refractivity contribution in [3.63, 3.8) is 0 Å². The average molecular weight is 1170 g/mol. The van der Waals surface area contributed by atoms with Gasteiger partial charge in [0.1, 0.15) is 11.5 Å². The zero-order chi connectivity index (χ0) is 60.4. The Kier molecular flexibility index (Phi) is 11.8. The monoisotopic (exact) mass is 1170 g/mol. The molecular formula is C84H55B2N5O. The lowest BCUT2D eigenvalue weighted by atomic mass is 9.30. The predicted molar refractivity (Wildman–Crippen MR) is 386 cm³/mol. The van der Waals surface area contributed by atoms with Crippen LogP contribution in [0.4, 0.5) is 68.2 Å². The molecule has 0 amide bonds. The van der Waals surface area contributed by atoms with Crippen molar-refractivity contribution in [2.24, 2.45) is 0 Å². The van der Waals surface area contributed by atoms with E-state index in [9.17, 15) is 0 Å². The first-order chi connectivity index (χ1) is 45.7. The molecule has 5 heterocycles. The summed E-state index contributed by atoms with van der Waals surface area (Å²) in [5.74, 6) is 1.65. The predicted octanol–water partition coefficient (Wildman–Crippen LogP) is 18.1. The Balaban J connectivity index is 0.947. The molecule has 1 aromatic heterocycles. The molecule has 19 rings (SSSR count). The molecule has 428 valence electrons. The van der Waals surface area contributed by atoms with Gasteiger partial charge < -0.3 is 28.9 Å². The van der Waals surface area contributed by atoms with Crippen LogP contribution in [0, 0.1) is 0 Å². The van der Waals surface area contributed by atoms with Gasteiger partial charge in [-0.15, -0.1) is 0 Å². The number of ether oxygens (including phenoxy) is 1. The summed E-state index contributed by atoms with van der Waals surface area (Å²) >= 11 is 0. The van der Waals surface area contributed by atoms with E-state index < -0.39 is 0 Å². The van der Waals surface area contributed by atoms with Crippen LogP contribution in [0.15, 0.2) is 334 Å². The van der Waals surface area contributed by atoms with Gasteiger partial charge in [-0.2, -0.15) is 0 Å². The van der Waals surface area contributed by atoms with Crippen LogP contribution in [-0.4, -0.2) is 18.0 Å². The molecule has 0 saturated heterocycles. The van der Waals surface area contributed by atoms with Gasteiger partial charge in [-0.05, 0) is 135 Å². The van der Waals surface area contributed by atoms with Gasteiger partial charge in [0.05, 0.1) is 28.1 Å². The highest BCUT2D eigenvalue weighted by Crippen LogP contribution is 2.53. The summed E-state index contributed by atoms with van der Waals surface area (Å²) in [5.41, 5.74) is 27.9. The van der Waals surface area contributed by atoms with E-state index >= 15 is 0 Å². The van der Waals surface area contributed by atoms with E-state index in [-0.39, 0.29) is 13.4 Å². The van der Waals surface area contributed by atoms with Crippen molar-refractivity contribution in [3.8, 4) is 39.4 Å². The Morgan fingerprint density at radius 2 is 0.717 bits per heavy atom. The second-order valence-corrected chi connectivity index (χ2v) is 24.3. The number of aromatic nitrogens is 1. The quantitative estimate of drug-likeness (QED) is 0.134. The number of para-hydroxylation sites is 9. The minimum Gasteiger partial charge on any atom is -0.458 e. The van der Waals surface area contributed by atoms with E-state index in [4.69, 9.17) is 4.74 Å². The summed E-state index contributed by atoms with van der Waals surface area (Å²) in [6.45, 7) is -0.415. The zero-order valence-corrected chi connectivity index (χ0v) is 50.1. The minimum absolute atomic E-state index is 0.199. The number of fused-ring (bicyclic) bond motifs is 11. The van der Waals surface area contributed by atoms with Crippen LogP contribution < -0.4 is 57.1 Å².